The first-order chi connectivity index (χ1) is 12.2. The molecule has 0 aliphatic carbocycles. The number of nitrogens with zero attached hydrogens (tertiary/aromatic N) is 1. The maximum Gasteiger partial charge on any atom is 0.227 e. The van der Waals surface area contributed by atoms with Gasteiger partial charge in [0, 0.05) is 31.5 Å². The van der Waals surface area contributed by atoms with Gasteiger partial charge in [0.2, 0.25) is 11.8 Å². The number of halogens is 1. The lowest BCUT2D eigenvalue weighted by molar-refractivity contribution is -0.134. The van der Waals surface area contributed by atoms with E-state index in [9.17, 15) is 9.59 Å². The number of carbonyl (C=O) groups is 2. The van der Waals surface area contributed by atoms with Gasteiger partial charge in [-0.1, -0.05) is 12.1 Å². The van der Waals surface area contributed by atoms with Gasteiger partial charge in [-0.3, -0.25) is 9.59 Å². The lowest BCUT2D eigenvalue weighted by atomic mass is 9.95. The van der Waals surface area contributed by atoms with Crippen molar-refractivity contribution >= 4 is 29.9 Å². The van der Waals surface area contributed by atoms with E-state index in [0.717, 1.165) is 19.4 Å². The van der Waals surface area contributed by atoms with Crippen LogP contribution in [0.3, 0.4) is 0 Å². The minimum Gasteiger partial charge on any atom is -0.495 e. The lowest BCUT2D eigenvalue weighted by Crippen LogP contribution is -2.43. The Balaban J connectivity index is 0.00000243. The second-order valence-corrected chi connectivity index (χ2v) is 6.84. The monoisotopic (exact) mass is 381 g/mol. The van der Waals surface area contributed by atoms with Crippen LogP contribution in [-0.4, -0.2) is 49.5 Å². The summed E-state index contributed by atoms with van der Waals surface area (Å²) in [5, 5.41) is 6.32. The van der Waals surface area contributed by atoms with Gasteiger partial charge in [-0.25, -0.2) is 0 Å². The third-order valence-corrected chi connectivity index (χ3v) is 5.17. The maximum atomic E-state index is 12.5. The Hall–Kier alpha value is -1.79. The van der Waals surface area contributed by atoms with E-state index in [0.29, 0.717) is 49.8 Å². The quantitative estimate of drug-likeness (QED) is 0.821. The molecule has 0 aromatic heterocycles. The molecule has 2 heterocycles. The highest BCUT2D eigenvalue weighted by Crippen LogP contribution is 2.26. The molecule has 2 amide bonds. The summed E-state index contributed by atoms with van der Waals surface area (Å²) in [6.07, 6.45) is 4.25. The Morgan fingerprint density at radius 2 is 1.96 bits per heavy atom. The third kappa shape index (κ3) is 5.11. The summed E-state index contributed by atoms with van der Waals surface area (Å²) in [5.74, 6) is 0.822. The van der Waals surface area contributed by atoms with E-state index in [2.05, 4.69) is 10.6 Å². The first-order valence-corrected chi connectivity index (χ1v) is 9.12. The molecular formula is C19H28ClN3O3. The predicted octanol–water partition coefficient (Wildman–Crippen LogP) is 2.44. The van der Waals surface area contributed by atoms with Crippen molar-refractivity contribution in [3.05, 3.63) is 24.3 Å². The summed E-state index contributed by atoms with van der Waals surface area (Å²) in [7, 11) is 1.59. The number of para-hydroxylation sites is 2. The number of rotatable bonds is 5. The zero-order valence-corrected chi connectivity index (χ0v) is 16.0. The molecule has 2 aliphatic rings. The standard InChI is InChI=1S/C19H27N3O3.ClH/c1-25-17-7-3-2-6-16(17)21-19(24)14-8-11-22(12-9-14)18(23)13-15-5-4-10-20-15;/h2-3,6-7,14-15,20H,4-5,8-13H2,1H3,(H,21,24);1H. The Morgan fingerprint density at radius 3 is 2.62 bits per heavy atom. The van der Waals surface area contributed by atoms with Gasteiger partial charge >= 0.3 is 0 Å². The fourth-order valence-electron chi connectivity index (χ4n) is 3.64. The maximum absolute atomic E-state index is 12.5. The number of piperidine rings is 1. The van der Waals surface area contributed by atoms with Gasteiger partial charge < -0.3 is 20.3 Å². The number of likely N-dealkylation sites (tertiary alicyclic amines) is 1. The van der Waals surface area contributed by atoms with Crippen molar-refractivity contribution in [3.63, 3.8) is 0 Å². The molecule has 144 valence electrons. The fourth-order valence-corrected chi connectivity index (χ4v) is 3.64. The Labute approximate surface area is 161 Å². The normalized spacial score (nSPS) is 20.3. The number of methoxy groups -OCH3 is 1. The molecule has 1 aromatic rings. The molecule has 0 bridgehead atoms. The zero-order valence-electron chi connectivity index (χ0n) is 15.2. The molecule has 26 heavy (non-hydrogen) atoms. The van der Waals surface area contributed by atoms with Crippen LogP contribution in [0.15, 0.2) is 24.3 Å². The Bertz CT molecular complexity index is 612. The van der Waals surface area contributed by atoms with Crippen LogP contribution in [0.5, 0.6) is 5.75 Å². The fraction of sp³-hybridized carbons (Fsp3) is 0.579. The molecule has 1 unspecified atom stereocenters. The van der Waals surface area contributed by atoms with Crippen LogP contribution >= 0.6 is 12.4 Å². The predicted molar refractivity (Wildman–Crippen MR) is 104 cm³/mol. The minimum atomic E-state index is -0.0569. The number of hydrogen-bond acceptors (Lipinski definition) is 4. The third-order valence-electron chi connectivity index (χ3n) is 5.17. The molecule has 3 rings (SSSR count). The summed E-state index contributed by atoms with van der Waals surface area (Å²) in [5.41, 5.74) is 0.695. The van der Waals surface area contributed by atoms with E-state index < -0.39 is 0 Å². The second-order valence-electron chi connectivity index (χ2n) is 6.84. The molecule has 1 aromatic carbocycles. The van der Waals surface area contributed by atoms with Gasteiger partial charge in [0.05, 0.1) is 12.8 Å². The summed E-state index contributed by atoms with van der Waals surface area (Å²) < 4.78 is 5.27. The van der Waals surface area contributed by atoms with Gasteiger partial charge in [0.15, 0.2) is 0 Å². The average Bonchev–Trinajstić information content (AvgIpc) is 3.15. The highest BCUT2D eigenvalue weighted by Gasteiger charge is 2.29. The van der Waals surface area contributed by atoms with E-state index in [4.69, 9.17) is 4.74 Å². The molecule has 2 N–H and O–H groups in total. The molecule has 0 radical (unpaired) electrons. The number of benzene rings is 1. The highest BCUT2D eigenvalue weighted by molar-refractivity contribution is 5.94. The van der Waals surface area contributed by atoms with Gasteiger partial charge in [-0.05, 0) is 44.4 Å². The first kappa shape index (κ1) is 20.5. The number of amides is 2. The van der Waals surface area contributed by atoms with Gasteiger partial charge in [-0.15, -0.1) is 12.4 Å². The summed E-state index contributed by atoms with van der Waals surface area (Å²) in [6.45, 7) is 2.34. The molecule has 2 aliphatic heterocycles. The molecule has 7 heteroatoms. The largest absolute Gasteiger partial charge is 0.495 e. The van der Waals surface area contributed by atoms with E-state index in [-0.39, 0.29) is 30.1 Å². The van der Waals surface area contributed by atoms with Gasteiger partial charge in [0.1, 0.15) is 5.75 Å². The SMILES string of the molecule is COc1ccccc1NC(=O)C1CCN(C(=O)CC2CCCN2)CC1.Cl. The number of hydrogen-bond donors (Lipinski definition) is 2. The Kier molecular flexibility index (Phi) is 7.72. The molecular weight excluding hydrogens is 354 g/mol. The summed E-state index contributed by atoms with van der Waals surface area (Å²) in [4.78, 5) is 26.8. The van der Waals surface area contributed by atoms with Crippen LogP contribution in [-0.2, 0) is 9.59 Å². The van der Waals surface area contributed by atoms with Crippen LogP contribution in [0.2, 0.25) is 0 Å². The van der Waals surface area contributed by atoms with Crippen molar-refractivity contribution in [2.24, 2.45) is 5.92 Å². The molecule has 0 saturated carbocycles. The number of ether oxygens (including phenoxy) is 1. The number of anilines is 1. The van der Waals surface area contributed by atoms with Crippen LogP contribution in [0.4, 0.5) is 5.69 Å². The van der Waals surface area contributed by atoms with Crippen molar-refractivity contribution in [3.8, 4) is 5.75 Å². The molecule has 1 atom stereocenters. The summed E-state index contributed by atoms with van der Waals surface area (Å²) >= 11 is 0. The molecule has 2 fully saturated rings. The van der Waals surface area contributed by atoms with Gasteiger partial charge in [0.25, 0.3) is 0 Å². The average molecular weight is 382 g/mol. The smallest absolute Gasteiger partial charge is 0.227 e. The van der Waals surface area contributed by atoms with Crippen molar-refractivity contribution < 1.29 is 14.3 Å². The van der Waals surface area contributed by atoms with Crippen LogP contribution in [0.25, 0.3) is 0 Å². The van der Waals surface area contributed by atoms with Crippen molar-refractivity contribution in [1.29, 1.82) is 0 Å². The van der Waals surface area contributed by atoms with Crippen molar-refractivity contribution in [2.75, 3.05) is 32.1 Å². The second kappa shape index (κ2) is 9.78. The van der Waals surface area contributed by atoms with Crippen LogP contribution in [0, 0.1) is 5.92 Å². The molecule has 0 spiro atoms. The van der Waals surface area contributed by atoms with E-state index in [1.165, 1.54) is 0 Å². The van der Waals surface area contributed by atoms with Crippen LogP contribution in [0.1, 0.15) is 32.1 Å². The number of nitrogens with one attached hydrogen (secondary N) is 2. The van der Waals surface area contributed by atoms with E-state index in [1.807, 2.05) is 29.2 Å². The van der Waals surface area contributed by atoms with Crippen molar-refractivity contribution in [1.82, 2.24) is 10.2 Å². The minimum absolute atomic E-state index is 0. The molecule has 6 nitrogen and oxygen atoms in total. The zero-order chi connectivity index (χ0) is 17.6. The topological polar surface area (TPSA) is 70.7 Å². The summed E-state index contributed by atoms with van der Waals surface area (Å²) in [6, 6.07) is 7.74. The van der Waals surface area contributed by atoms with E-state index in [1.54, 1.807) is 7.11 Å². The Morgan fingerprint density at radius 1 is 1.23 bits per heavy atom. The lowest BCUT2D eigenvalue weighted by Gasteiger charge is -2.32. The molecule has 2 saturated heterocycles. The number of carbonyl (C=O) groups excluding carboxylic acids is 2. The van der Waals surface area contributed by atoms with Gasteiger partial charge in [-0.2, -0.15) is 0 Å². The first-order valence-electron chi connectivity index (χ1n) is 9.12. The van der Waals surface area contributed by atoms with Crippen LogP contribution < -0.4 is 15.4 Å². The highest BCUT2D eigenvalue weighted by atomic mass is 35.5. The van der Waals surface area contributed by atoms with Crippen molar-refractivity contribution in [2.45, 2.75) is 38.1 Å². The van der Waals surface area contributed by atoms with E-state index >= 15 is 0 Å².